The number of carboxylic acids is 1. The highest BCUT2D eigenvalue weighted by molar-refractivity contribution is 7.13. The number of carboxylic acid groups (broad SMARTS) is 1. The molecule has 3 rings (SSSR count). The predicted octanol–water partition coefficient (Wildman–Crippen LogP) is 4.23. The van der Waals surface area contributed by atoms with E-state index in [4.69, 9.17) is 5.11 Å². The van der Waals surface area contributed by atoms with Gasteiger partial charge >= 0.3 is 5.97 Å². The largest absolute Gasteiger partial charge is 0.481 e. The number of nitrogens with zero attached hydrogens (tertiary/aromatic N) is 2. The average Bonchev–Trinajstić information content (AvgIpc) is 3.01. The molecule has 0 fully saturated rings. The van der Waals surface area contributed by atoms with E-state index in [-0.39, 0.29) is 11.8 Å². The van der Waals surface area contributed by atoms with Crippen LogP contribution in [0, 0.1) is 0 Å². The molecular formula is C18H20N2O2S. The SMILES string of the molecule is Cn1c(C(C)(C)C)c(-c2nc(CC(=O)O)cs2)c2ccccc21. The zero-order valence-electron chi connectivity index (χ0n) is 13.8. The van der Waals surface area contributed by atoms with E-state index in [1.54, 1.807) is 0 Å². The first-order valence-electron chi connectivity index (χ1n) is 7.53. The number of thiazole rings is 1. The Morgan fingerprint density at radius 1 is 1.30 bits per heavy atom. The van der Waals surface area contributed by atoms with E-state index in [9.17, 15) is 4.79 Å². The second-order valence-electron chi connectivity index (χ2n) is 6.76. The van der Waals surface area contributed by atoms with Gasteiger partial charge in [-0.2, -0.15) is 0 Å². The van der Waals surface area contributed by atoms with E-state index in [1.165, 1.54) is 22.5 Å². The van der Waals surface area contributed by atoms with Crippen LogP contribution in [0.2, 0.25) is 0 Å². The van der Waals surface area contributed by atoms with Crippen molar-refractivity contribution in [1.82, 2.24) is 9.55 Å². The zero-order chi connectivity index (χ0) is 16.8. The Morgan fingerprint density at radius 3 is 2.65 bits per heavy atom. The molecule has 0 spiro atoms. The molecule has 1 N–H and O–H groups in total. The first-order valence-corrected chi connectivity index (χ1v) is 8.41. The molecule has 0 amide bonds. The van der Waals surface area contributed by atoms with Gasteiger partial charge in [0, 0.05) is 40.0 Å². The van der Waals surface area contributed by atoms with E-state index in [0.717, 1.165) is 16.0 Å². The summed E-state index contributed by atoms with van der Waals surface area (Å²) < 4.78 is 2.23. The van der Waals surface area contributed by atoms with Gasteiger partial charge in [-0.1, -0.05) is 39.0 Å². The third-order valence-corrected chi connectivity index (χ3v) is 4.82. The molecule has 3 aromatic rings. The minimum absolute atomic E-state index is 0.0356. The number of rotatable bonds is 3. The number of benzene rings is 1. The van der Waals surface area contributed by atoms with Gasteiger partial charge in [0.05, 0.1) is 12.1 Å². The molecule has 0 aliphatic rings. The van der Waals surface area contributed by atoms with Crippen LogP contribution in [0.5, 0.6) is 0 Å². The molecule has 23 heavy (non-hydrogen) atoms. The Balaban J connectivity index is 2.27. The topological polar surface area (TPSA) is 55.1 Å². The van der Waals surface area contributed by atoms with E-state index < -0.39 is 5.97 Å². The minimum atomic E-state index is -0.851. The summed E-state index contributed by atoms with van der Waals surface area (Å²) in [6.07, 6.45) is -0.0356. The number of hydrogen-bond donors (Lipinski definition) is 1. The van der Waals surface area contributed by atoms with E-state index in [1.807, 2.05) is 17.5 Å². The summed E-state index contributed by atoms with van der Waals surface area (Å²) in [4.78, 5) is 15.5. The van der Waals surface area contributed by atoms with Crippen molar-refractivity contribution < 1.29 is 9.90 Å². The molecule has 2 aromatic heterocycles. The molecule has 0 atom stereocenters. The smallest absolute Gasteiger partial charge is 0.309 e. The molecule has 2 heterocycles. The van der Waals surface area contributed by atoms with Gasteiger partial charge in [-0.05, 0) is 6.07 Å². The van der Waals surface area contributed by atoms with Crippen molar-refractivity contribution in [2.75, 3.05) is 0 Å². The van der Waals surface area contributed by atoms with Gasteiger partial charge in [0.15, 0.2) is 0 Å². The predicted molar refractivity (Wildman–Crippen MR) is 94.1 cm³/mol. The number of aliphatic carboxylic acids is 1. The molecule has 0 aliphatic heterocycles. The van der Waals surface area contributed by atoms with Gasteiger partial charge in [-0.15, -0.1) is 11.3 Å². The summed E-state index contributed by atoms with van der Waals surface area (Å²) in [7, 11) is 2.08. The lowest BCUT2D eigenvalue weighted by Crippen LogP contribution is -2.17. The monoisotopic (exact) mass is 328 g/mol. The summed E-state index contributed by atoms with van der Waals surface area (Å²) in [6, 6.07) is 8.29. The number of hydrogen-bond acceptors (Lipinski definition) is 3. The van der Waals surface area contributed by atoms with Gasteiger partial charge < -0.3 is 9.67 Å². The summed E-state index contributed by atoms with van der Waals surface area (Å²) in [6.45, 7) is 6.57. The Hall–Kier alpha value is -2.14. The van der Waals surface area contributed by atoms with Gasteiger partial charge in [0.2, 0.25) is 0 Å². The molecule has 0 aliphatic carbocycles. The number of aromatic nitrogens is 2. The summed E-state index contributed by atoms with van der Waals surface area (Å²) in [5, 5.41) is 12.9. The van der Waals surface area contributed by atoms with Crippen molar-refractivity contribution in [2.24, 2.45) is 7.05 Å². The zero-order valence-corrected chi connectivity index (χ0v) is 14.6. The molecule has 4 nitrogen and oxygen atoms in total. The van der Waals surface area contributed by atoms with Gasteiger partial charge in [-0.3, -0.25) is 4.79 Å². The second-order valence-corrected chi connectivity index (χ2v) is 7.62. The van der Waals surface area contributed by atoms with Crippen LogP contribution < -0.4 is 0 Å². The Kier molecular flexibility index (Phi) is 3.76. The van der Waals surface area contributed by atoms with E-state index in [0.29, 0.717) is 5.69 Å². The highest BCUT2D eigenvalue weighted by Gasteiger charge is 2.27. The van der Waals surface area contributed by atoms with Crippen LogP contribution >= 0.6 is 11.3 Å². The van der Waals surface area contributed by atoms with Crippen molar-refractivity contribution in [3.63, 3.8) is 0 Å². The third-order valence-electron chi connectivity index (χ3n) is 3.92. The second kappa shape index (κ2) is 5.49. The van der Waals surface area contributed by atoms with Gasteiger partial charge in [0.25, 0.3) is 0 Å². The maximum Gasteiger partial charge on any atom is 0.309 e. The maximum absolute atomic E-state index is 10.9. The molecule has 0 radical (unpaired) electrons. The highest BCUT2D eigenvalue weighted by atomic mass is 32.1. The van der Waals surface area contributed by atoms with Crippen LogP contribution in [0.4, 0.5) is 0 Å². The summed E-state index contributed by atoms with van der Waals surface area (Å²) in [5.41, 5.74) is 4.08. The number of carbonyl (C=O) groups is 1. The van der Waals surface area contributed by atoms with Crippen LogP contribution in [-0.2, 0) is 23.7 Å². The molecule has 5 heteroatoms. The lowest BCUT2D eigenvalue weighted by atomic mass is 9.88. The fraction of sp³-hybridized carbons (Fsp3) is 0.333. The van der Waals surface area contributed by atoms with Crippen molar-refractivity contribution >= 4 is 28.2 Å². The summed E-state index contributed by atoms with van der Waals surface area (Å²) in [5.74, 6) is -0.851. The van der Waals surface area contributed by atoms with Gasteiger partial charge in [0.1, 0.15) is 5.01 Å². The first kappa shape index (κ1) is 15.7. The third kappa shape index (κ3) is 2.77. The molecular weight excluding hydrogens is 308 g/mol. The first-order chi connectivity index (χ1) is 10.8. The van der Waals surface area contributed by atoms with Crippen LogP contribution in [0.1, 0.15) is 32.2 Å². The van der Waals surface area contributed by atoms with Crippen molar-refractivity contribution in [2.45, 2.75) is 32.6 Å². The Labute approximate surface area is 139 Å². The van der Waals surface area contributed by atoms with Crippen molar-refractivity contribution in [3.8, 4) is 10.6 Å². The minimum Gasteiger partial charge on any atom is -0.481 e. The number of fused-ring (bicyclic) bond motifs is 1. The summed E-state index contributed by atoms with van der Waals surface area (Å²) >= 11 is 1.52. The number of para-hydroxylation sites is 1. The lowest BCUT2D eigenvalue weighted by molar-refractivity contribution is -0.136. The quantitative estimate of drug-likeness (QED) is 0.783. The molecule has 120 valence electrons. The van der Waals surface area contributed by atoms with Crippen LogP contribution in [-0.4, -0.2) is 20.6 Å². The van der Waals surface area contributed by atoms with Crippen LogP contribution in [0.25, 0.3) is 21.5 Å². The lowest BCUT2D eigenvalue weighted by Gasteiger charge is -2.22. The van der Waals surface area contributed by atoms with Gasteiger partial charge in [-0.25, -0.2) is 4.98 Å². The fourth-order valence-corrected chi connectivity index (χ4v) is 4.02. The van der Waals surface area contributed by atoms with Crippen molar-refractivity contribution in [1.29, 1.82) is 0 Å². The Bertz CT molecular complexity index is 884. The van der Waals surface area contributed by atoms with E-state index in [2.05, 4.69) is 49.5 Å². The maximum atomic E-state index is 10.9. The standard InChI is InChI=1S/C18H20N2O2S/c1-18(2,3)16-15(12-7-5-6-8-13(12)20(16)4)17-19-11(10-23-17)9-14(21)22/h5-8,10H,9H2,1-4H3,(H,21,22). The highest BCUT2D eigenvalue weighted by Crippen LogP contribution is 2.41. The molecule has 0 bridgehead atoms. The Morgan fingerprint density at radius 2 is 2.00 bits per heavy atom. The molecule has 1 aromatic carbocycles. The van der Waals surface area contributed by atoms with Crippen LogP contribution in [0.15, 0.2) is 29.6 Å². The van der Waals surface area contributed by atoms with Crippen molar-refractivity contribution in [3.05, 3.63) is 41.0 Å². The van der Waals surface area contributed by atoms with E-state index >= 15 is 0 Å². The molecule has 0 saturated heterocycles. The average molecular weight is 328 g/mol. The fourth-order valence-electron chi connectivity index (χ4n) is 3.15. The molecule has 0 unspecified atom stereocenters. The molecule has 0 saturated carbocycles. The normalized spacial score (nSPS) is 12.0. The van der Waals surface area contributed by atoms with Crippen LogP contribution in [0.3, 0.4) is 0 Å². The number of aryl methyl sites for hydroxylation is 1.